The largest absolute Gasteiger partial charge is 0.352 e. The van der Waals surface area contributed by atoms with E-state index >= 15 is 0 Å². The molecule has 0 spiro atoms. The molecule has 4 nitrogen and oxygen atoms in total. The van der Waals surface area contributed by atoms with E-state index in [1.807, 2.05) is 12.3 Å². The van der Waals surface area contributed by atoms with Crippen molar-refractivity contribution in [3.8, 4) is 0 Å². The Hall–Kier alpha value is -0.520. The molecule has 6 heteroatoms. The van der Waals surface area contributed by atoms with Crippen LogP contribution in [0.3, 0.4) is 0 Å². The predicted octanol–water partition coefficient (Wildman–Crippen LogP) is 2.38. The van der Waals surface area contributed by atoms with Crippen molar-refractivity contribution in [2.75, 3.05) is 37.8 Å². The first kappa shape index (κ1) is 13.9. The summed E-state index contributed by atoms with van der Waals surface area (Å²) in [5.74, 6) is 0.946. The fourth-order valence-corrected chi connectivity index (χ4v) is 2.94. The number of thioether (sulfide) groups is 1. The van der Waals surface area contributed by atoms with Gasteiger partial charge in [-0.1, -0.05) is 23.4 Å². The van der Waals surface area contributed by atoms with Crippen molar-refractivity contribution < 1.29 is 0 Å². The predicted molar refractivity (Wildman–Crippen MR) is 77.7 cm³/mol. The maximum absolute atomic E-state index is 6.06. The lowest BCUT2D eigenvalue weighted by Crippen LogP contribution is -2.38. The summed E-state index contributed by atoms with van der Waals surface area (Å²) in [6.07, 6.45) is 3.12. The zero-order valence-electron chi connectivity index (χ0n) is 11.1. The van der Waals surface area contributed by atoms with E-state index in [-0.39, 0.29) is 0 Å². The highest BCUT2D eigenvalue weighted by Crippen LogP contribution is 2.23. The van der Waals surface area contributed by atoms with Crippen molar-refractivity contribution in [2.45, 2.75) is 24.5 Å². The number of nitrogens with zero attached hydrogens (tertiary/aromatic N) is 4. The summed E-state index contributed by atoms with van der Waals surface area (Å²) < 4.78 is 0. The molecule has 1 aliphatic heterocycles. The molecule has 2 rings (SSSR count). The van der Waals surface area contributed by atoms with Crippen molar-refractivity contribution in [1.29, 1.82) is 0 Å². The van der Waals surface area contributed by atoms with Crippen LogP contribution in [-0.2, 0) is 0 Å². The quantitative estimate of drug-likeness (QED) is 0.473. The van der Waals surface area contributed by atoms with E-state index in [9.17, 15) is 0 Å². The highest BCUT2D eigenvalue weighted by molar-refractivity contribution is 7.98. The molecule has 1 aliphatic rings. The lowest BCUT2D eigenvalue weighted by molar-refractivity contribution is 0.337. The van der Waals surface area contributed by atoms with Crippen LogP contribution in [-0.4, -0.2) is 53.8 Å². The van der Waals surface area contributed by atoms with Crippen LogP contribution in [0.5, 0.6) is 0 Å². The molecule has 0 aliphatic carbocycles. The molecule has 0 N–H and O–H groups in total. The third kappa shape index (κ3) is 3.28. The molecule has 1 fully saturated rings. The molecule has 2 heterocycles. The standard InChI is InChI=1S/C12H19ClN4S/c1-9-8-16(2)5-4-6-17(9)11-7-10(13)14-12(15-11)18-3/h7,9H,4-6,8H2,1-3H3. The van der Waals surface area contributed by atoms with E-state index in [4.69, 9.17) is 11.6 Å². The third-order valence-corrected chi connectivity index (χ3v) is 3.93. The molecule has 0 saturated carbocycles. The number of hydrogen-bond donors (Lipinski definition) is 0. The number of halogens is 1. The van der Waals surface area contributed by atoms with Gasteiger partial charge in [-0.05, 0) is 33.2 Å². The van der Waals surface area contributed by atoms with Crippen LogP contribution in [0, 0.1) is 0 Å². The normalized spacial score (nSPS) is 22.0. The molecule has 0 amide bonds. The summed E-state index contributed by atoms with van der Waals surface area (Å²) in [6.45, 7) is 5.44. The van der Waals surface area contributed by atoms with Crippen LogP contribution in [0.4, 0.5) is 5.82 Å². The molecule has 1 aromatic heterocycles. The van der Waals surface area contributed by atoms with Gasteiger partial charge in [0.05, 0.1) is 0 Å². The second-order valence-electron chi connectivity index (χ2n) is 4.69. The van der Waals surface area contributed by atoms with Gasteiger partial charge in [0, 0.05) is 25.2 Å². The van der Waals surface area contributed by atoms with Gasteiger partial charge in [0.2, 0.25) is 0 Å². The van der Waals surface area contributed by atoms with Crippen molar-refractivity contribution in [1.82, 2.24) is 14.9 Å². The van der Waals surface area contributed by atoms with Gasteiger partial charge in [0.1, 0.15) is 11.0 Å². The van der Waals surface area contributed by atoms with Crippen molar-refractivity contribution >= 4 is 29.2 Å². The zero-order chi connectivity index (χ0) is 13.1. The van der Waals surface area contributed by atoms with Crippen LogP contribution < -0.4 is 4.90 Å². The van der Waals surface area contributed by atoms with E-state index in [1.54, 1.807) is 0 Å². The van der Waals surface area contributed by atoms with Gasteiger partial charge in [0.15, 0.2) is 5.16 Å². The molecule has 0 bridgehead atoms. The van der Waals surface area contributed by atoms with Crippen LogP contribution in [0.25, 0.3) is 0 Å². The lowest BCUT2D eigenvalue weighted by Gasteiger charge is -2.29. The van der Waals surface area contributed by atoms with Crippen molar-refractivity contribution in [3.63, 3.8) is 0 Å². The average Bonchev–Trinajstić information content (AvgIpc) is 2.49. The zero-order valence-corrected chi connectivity index (χ0v) is 12.6. The molecular formula is C12H19ClN4S. The topological polar surface area (TPSA) is 32.3 Å². The van der Waals surface area contributed by atoms with Gasteiger partial charge < -0.3 is 9.80 Å². The molecule has 1 atom stereocenters. The third-order valence-electron chi connectivity index (χ3n) is 3.18. The van der Waals surface area contributed by atoms with Gasteiger partial charge in [-0.2, -0.15) is 0 Å². The fraction of sp³-hybridized carbons (Fsp3) is 0.667. The van der Waals surface area contributed by atoms with E-state index < -0.39 is 0 Å². The SMILES string of the molecule is CSc1nc(Cl)cc(N2CCCN(C)CC2C)n1. The second kappa shape index (κ2) is 6.08. The molecule has 100 valence electrons. The Bertz CT molecular complexity index is 415. The highest BCUT2D eigenvalue weighted by atomic mass is 35.5. The number of likely N-dealkylation sites (N-methyl/N-ethyl adjacent to an activating group) is 1. The van der Waals surface area contributed by atoms with Gasteiger partial charge in [-0.3, -0.25) is 0 Å². The van der Waals surface area contributed by atoms with Crippen LogP contribution in [0.2, 0.25) is 5.15 Å². The van der Waals surface area contributed by atoms with Crippen molar-refractivity contribution in [3.05, 3.63) is 11.2 Å². The maximum atomic E-state index is 6.06. The van der Waals surface area contributed by atoms with Gasteiger partial charge in [0.25, 0.3) is 0 Å². The minimum absolute atomic E-state index is 0.443. The second-order valence-corrected chi connectivity index (χ2v) is 5.85. The summed E-state index contributed by atoms with van der Waals surface area (Å²) in [7, 11) is 2.17. The summed E-state index contributed by atoms with van der Waals surface area (Å²) in [5.41, 5.74) is 0. The highest BCUT2D eigenvalue weighted by Gasteiger charge is 2.21. The molecule has 18 heavy (non-hydrogen) atoms. The number of rotatable bonds is 2. The van der Waals surface area contributed by atoms with Crippen LogP contribution in [0.15, 0.2) is 11.2 Å². The number of anilines is 1. The van der Waals surface area contributed by atoms with E-state index in [1.165, 1.54) is 11.8 Å². The Morgan fingerprint density at radius 1 is 1.39 bits per heavy atom. The maximum Gasteiger partial charge on any atom is 0.190 e. The van der Waals surface area contributed by atoms with Gasteiger partial charge in [-0.25, -0.2) is 9.97 Å². The van der Waals surface area contributed by atoms with Gasteiger partial charge >= 0.3 is 0 Å². The summed E-state index contributed by atoms with van der Waals surface area (Å²) >= 11 is 7.59. The first-order chi connectivity index (χ1) is 8.60. The number of hydrogen-bond acceptors (Lipinski definition) is 5. The molecule has 1 unspecified atom stereocenters. The molecule has 0 radical (unpaired) electrons. The average molecular weight is 287 g/mol. The minimum Gasteiger partial charge on any atom is -0.352 e. The number of aromatic nitrogens is 2. The van der Waals surface area contributed by atoms with Crippen molar-refractivity contribution in [2.24, 2.45) is 0 Å². The smallest absolute Gasteiger partial charge is 0.190 e. The van der Waals surface area contributed by atoms with Gasteiger partial charge in [-0.15, -0.1) is 0 Å². The first-order valence-corrected chi connectivity index (χ1v) is 7.74. The summed E-state index contributed by atoms with van der Waals surface area (Å²) in [5, 5.41) is 1.26. The monoisotopic (exact) mass is 286 g/mol. The fourth-order valence-electron chi connectivity index (χ4n) is 2.34. The molecule has 1 saturated heterocycles. The van der Waals surface area contributed by atoms with E-state index in [2.05, 4.69) is 33.7 Å². The Kier molecular flexibility index (Phi) is 4.70. The Labute approximate surface area is 118 Å². The molecular weight excluding hydrogens is 268 g/mol. The minimum atomic E-state index is 0.443. The Morgan fingerprint density at radius 2 is 2.17 bits per heavy atom. The Balaban J connectivity index is 2.26. The van der Waals surface area contributed by atoms with E-state index in [0.29, 0.717) is 11.2 Å². The van der Waals surface area contributed by atoms with E-state index in [0.717, 1.165) is 37.0 Å². The summed E-state index contributed by atoms with van der Waals surface area (Å²) in [4.78, 5) is 13.5. The first-order valence-electron chi connectivity index (χ1n) is 6.14. The summed E-state index contributed by atoms with van der Waals surface area (Å²) in [6, 6.07) is 2.31. The lowest BCUT2D eigenvalue weighted by atomic mass is 10.2. The van der Waals surface area contributed by atoms with Crippen LogP contribution in [0.1, 0.15) is 13.3 Å². The molecule has 1 aromatic rings. The van der Waals surface area contributed by atoms with Crippen LogP contribution >= 0.6 is 23.4 Å². The Morgan fingerprint density at radius 3 is 2.89 bits per heavy atom. The molecule has 0 aromatic carbocycles.